The van der Waals surface area contributed by atoms with Crippen LogP contribution in [0.15, 0.2) is 6.33 Å². The number of ketones is 1. The second-order valence-corrected chi connectivity index (χ2v) is 3.98. The van der Waals surface area contributed by atoms with Crippen molar-refractivity contribution >= 4 is 5.78 Å². The van der Waals surface area contributed by atoms with E-state index in [4.69, 9.17) is 0 Å². The number of carbonyl (C=O) groups excluding carboxylic acids is 1. The smallest absolute Gasteiger partial charge is 0.143 e. The molecule has 0 aliphatic rings. The third-order valence-electron chi connectivity index (χ3n) is 2.65. The van der Waals surface area contributed by atoms with Crippen LogP contribution in [0.25, 0.3) is 0 Å². The molecule has 0 radical (unpaired) electrons. The van der Waals surface area contributed by atoms with Crippen molar-refractivity contribution in [2.45, 2.75) is 27.2 Å². The van der Waals surface area contributed by atoms with Crippen LogP contribution in [0.4, 0.5) is 0 Å². The van der Waals surface area contributed by atoms with E-state index in [9.17, 15) is 4.79 Å². The summed E-state index contributed by atoms with van der Waals surface area (Å²) >= 11 is 0. The topological polar surface area (TPSA) is 47.8 Å². The molecule has 0 amide bonds. The molecule has 0 fully saturated rings. The monoisotopic (exact) mass is 195 g/mol. The van der Waals surface area contributed by atoms with Gasteiger partial charge >= 0.3 is 0 Å². The molecule has 0 bridgehead atoms. The fourth-order valence-corrected chi connectivity index (χ4v) is 1.17. The minimum Gasteiger partial charge on any atom is -0.299 e. The number of aryl methyl sites for hydroxylation is 1. The summed E-state index contributed by atoms with van der Waals surface area (Å²) in [6.07, 6.45) is 1.86. The van der Waals surface area contributed by atoms with Gasteiger partial charge in [0, 0.05) is 13.0 Å². The summed E-state index contributed by atoms with van der Waals surface area (Å²) < 4.78 is 1.64. The van der Waals surface area contributed by atoms with Crippen LogP contribution in [0.2, 0.25) is 0 Å². The Labute approximate surface area is 84.3 Å². The van der Waals surface area contributed by atoms with E-state index < -0.39 is 0 Å². The molecule has 0 saturated carbocycles. The van der Waals surface area contributed by atoms with Crippen molar-refractivity contribution in [1.82, 2.24) is 14.8 Å². The summed E-state index contributed by atoms with van der Waals surface area (Å²) in [5.41, 5.74) is 0. The Morgan fingerprint density at radius 2 is 2.14 bits per heavy atom. The van der Waals surface area contributed by atoms with E-state index in [0.29, 0.717) is 12.3 Å². The second-order valence-electron chi connectivity index (χ2n) is 3.98. The Morgan fingerprint density at radius 3 is 2.57 bits per heavy atom. The van der Waals surface area contributed by atoms with Crippen molar-refractivity contribution in [3.8, 4) is 0 Å². The van der Waals surface area contributed by atoms with E-state index in [1.807, 2.05) is 6.92 Å². The highest BCUT2D eigenvalue weighted by Crippen LogP contribution is 2.12. The van der Waals surface area contributed by atoms with Gasteiger partial charge in [-0.05, 0) is 5.92 Å². The van der Waals surface area contributed by atoms with Crippen LogP contribution in [-0.2, 0) is 18.3 Å². The summed E-state index contributed by atoms with van der Waals surface area (Å²) in [5, 5.41) is 3.93. The molecule has 0 aliphatic heterocycles. The SMILES string of the molecule is CC(C)C(C)C(=O)Cc1ncnn1C. The molecule has 1 aromatic rings. The second kappa shape index (κ2) is 4.35. The number of hydrogen-bond acceptors (Lipinski definition) is 3. The van der Waals surface area contributed by atoms with Crippen molar-refractivity contribution in [3.05, 3.63) is 12.2 Å². The average molecular weight is 195 g/mol. The molecular weight excluding hydrogens is 178 g/mol. The Bertz CT molecular complexity index is 317. The standard InChI is InChI=1S/C10H17N3O/c1-7(2)8(3)9(14)5-10-11-6-12-13(10)4/h6-8H,5H2,1-4H3. The van der Waals surface area contributed by atoms with E-state index in [1.54, 1.807) is 11.7 Å². The molecule has 4 nitrogen and oxygen atoms in total. The molecule has 0 N–H and O–H groups in total. The third-order valence-corrected chi connectivity index (χ3v) is 2.65. The minimum atomic E-state index is 0.0895. The number of carbonyl (C=O) groups is 1. The highest BCUT2D eigenvalue weighted by Gasteiger charge is 2.18. The van der Waals surface area contributed by atoms with Crippen LogP contribution in [0.5, 0.6) is 0 Å². The summed E-state index contributed by atoms with van der Waals surface area (Å²) in [6, 6.07) is 0. The van der Waals surface area contributed by atoms with E-state index in [0.717, 1.165) is 5.82 Å². The molecule has 78 valence electrons. The number of rotatable bonds is 4. The highest BCUT2D eigenvalue weighted by molar-refractivity contribution is 5.82. The van der Waals surface area contributed by atoms with Gasteiger partial charge in [0.2, 0.25) is 0 Å². The number of aromatic nitrogens is 3. The van der Waals surface area contributed by atoms with Gasteiger partial charge in [-0.1, -0.05) is 20.8 Å². The van der Waals surface area contributed by atoms with E-state index in [2.05, 4.69) is 23.9 Å². The van der Waals surface area contributed by atoms with Crippen molar-refractivity contribution in [3.63, 3.8) is 0 Å². The Kier molecular flexibility index (Phi) is 3.38. The van der Waals surface area contributed by atoms with Crippen LogP contribution in [-0.4, -0.2) is 20.5 Å². The van der Waals surface area contributed by atoms with Crippen molar-refractivity contribution in [2.75, 3.05) is 0 Å². The molecule has 0 aliphatic carbocycles. The maximum absolute atomic E-state index is 11.7. The molecule has 14 heavy (non-hydrogen) atoms. The largest absolute Gasteiger partial charge is 0.299 e. The lowest BCUT2D eigenvalue weighted by atomic mass is 9.92. The first-order valence-corrected chi connectivity index (χ1v) is 4.88. The summed E-state index contributed by atoms with van der Waals surface area (Å²) in [5.74, 6) is 1.45. The molecule has 0 saturated heterocycles. The average Bonchev–Trinajstić information content (AvgIpc) is 2.50. The predicted molar refractivity (Wildman–Crippen MR) is 53.7 cm³/mol. The summed E-state index contributed by atoms with van der Waals surface area (Å²) in [6.45, 7) is 6.07. The molecule has 1 unspecified atom stereocenters. The molecule has 4 heteroatoms. The Hall–Kier alpha value is -1.19. The maximum Gasteiger partial charge on any atom is 0.143 e. The highest BCUT2D eigenvalue weighted by atomic mass is 16.1. The molecule has 0 spiro atoms. The normalized spacial score (nSPS) is 13.2. The van der Waals surface area contributed by atoms with Gasteiger partial charge in [0.05, 0.1) is 6.42 Å². The van der Waals surface area contributed by atoms with Gasteiger partial charge in [0.1, 0.15) is 17.9 Å². The van der Waals surface area contributed by atoms with Gasteiger partial charge in [0.25, 0.3) is 0 Å². The fraction of sp³-hybridized carbons (Fsp3) is 0.700. The lowest BCUT2D eigenvalue weighted by molar-refractivity contribution is -0.123. The Morgan fingerprint density at radius 1 is 1.50 bits per heavy atom. The number of Topliss-reactive ketones (excluding diaryl/α,β-unsaturated/α-hetero) is 1. The minimum absolute atomic E-state index is 0.0895. The van der Waals surface area contributed by atoms with Crippen LogP contribution >= 0.6 is 0 Å². The first kappa shape index (κ1) is 10.9. The van der Waals surface area contributed by atoms with Gasteiger partial charge in [0.15, 0.2) is 0 Å². The number of nitrogens with zero attached hydrogens (tertiary/aromatic N) is 3. The zero-order chi connectivity index (χ0) is 10.7. The van der Waals surface area contributed by atoms with Gasteiger partial charge in [-0.15, -0.1) is 0 Å². The zero-order valence-corrected chi connectivity index (χ0v) is 9.19. The van der Waals surface area contributed by atoms with E-state index in [-0.39, 0.29) is 11.7 Å². The Balaban J connectivity index is 2.62. The molecular formula is C10H17N3O. The molecule has 1 atom stereocenters. The van der Waals surface area contributed by atoms with Crippen molar-refractivity contribution < 1.29 is 4.79 Å². The van der Waals surface area contributed by atoms with Gasteiger partial charge in [-0.2, -0.15) is 5.10 Å². The van der Waals surface area contributed by atoms with Crippen LogP contribution < -0.4 is 0 Å². The zero-order valence-electron chi connectivity index (χ0n) is 9.19. The van der Waals surface area contributed by atoms with Gasteiger partial charge in [-0.25, -0.2) is 4.98 Å². The first-order chi connectivity index (χ1) is 6.52. The summed E-state index contributed by atoms with van der Waals surface area (Å²) in [4.78, 5) is 15.8. The molecule has 1 aromatic heterocycles. The van der Waals surface area contributed by atoms with Crippen LogP contribution in [0, 0.1) is 11.8 Å². The quantitative estimate of drug-likeness (QED) is 0.725. The summed E-state index contributed by atoms with van der Waals surface area (Å²) in [7, 11) is 1.80. The lowest BCUT2D eigenvalue weighted by Crippen LogP contribution is -2.20. The number of hydrogen-bond donors (Lipinski definition) is 0. The van der Waals surface area contributed by atoms with Crippen molar-refractivity contribution in [2.24, 2.45) is 18.9 Å². The van der Waals surface area contributed by atoms with Gasteiger partial charge < -0.3 is 0 Å². The van der Waals surface area contributed by atoms with E-state index in [1.165, 1.54) is 6.33 Å². The van der Waals surface area contributed by atoms with Crippen molar-refractivity contribution in [1.29, 1.82) is 0 Å². The molecule has 0 aromatic carbocycles. The van der Waals surface area contributed by atoms with Gasteiger partial charge in [-0.3, -0.25) is 9.48 Å². The predicted octanol–water partition coefficient (Wildman–Crippen LogP) is 1.22. The fourth-order valence-electron chi connectivity index (χ4n) is 1.17. The lowest BCUT2D eigenvalue weighted by Gasteiger charge is -2.13. The first-order valence-electron chi connectivity index (χ1n) is 4.88. The van der Waals surface area contributed by atoms with Crippen LogP contribution in [0.1, 0.15) is 26.6 Å². The molecule has 1 rings (SSSR count). The van der Waals surface area contributed by atoms with E-state index >= 15 is 0 Å². The molecule has 1 heterocycles. The maximum atomic E-state index is 11.7. The van der Waals surface area contributed by atoms with Crippen LogP contribution in [0.3, 0.4) is 0 Å². The third kappa shape index (κ3) is 2.40.